The van der Waals surface area contributed by atoms with E-state index in [2.05, 4.69) is 20.7 Å². The molecule has 1 aromatic rings. The van der Waals surface area contributed by atoms with E-state index >= 15 is 0 Å². The minimum atomic E-state index is -4.80. The Morgan fingerprint density at radius 2 is 1.86 bits per heavy atom. The summed E-state index contributed by atoms with van der Waals surface area (Å²) < 4.78 is 52.1. The van der Waals surface area contributed by atoms with Crippen molar-refractivity contribution in [3.8, 4) is 5.75 Å². The fourth-order valence-corrected chi connectivity index (χ4v) is 1.52. The molecule has 0 N–H and O–H groups in total. The van der Waals surface area contributed by atoms with E-state index in [1.165, 1.54) is 0 Å². The van der Waals surface area contributed by atoms with Gasteiger partial charge in [-0.1, -0.05) is 0 Å². The summed E-state index contributed by atoms with van der Waals surface area (Å²) in [6.45, 7) is 0. The van der Waals surface area contributed by atoms with Crippen molar-refractivity contribution in [2.75, 3.05) is 0 Å². The van der Waals surface area contributed by atoms with Crippen LogP contribution in [0.5, 0.6) is 5.75 Å². The SMILES string of the molecule is Fc1cc(OC(F)(F)F)cc(I)c1Br. The Morgan fingerprint density at radius 3 is 2.29 bits per heavy atom. The van der Waals surface area contributed by atoms with Crippen LogP contribution in [0.2, 0.25) is 0 Å². The molecule has 14 heavy (non-hydrogen) atoms. The molecule has 1 aromatic carbocycles. The number of hydrogen-bond donors (Lipinski definition) is 0. The van der Waals surface area contributed by atoms with E-state index in [-0.39, 0.29) is 4.47 Å². The summed E-state index contributed by atoms with van der Waals surface area (Å²) in [5, 5.41) is 0. The van der Waals surface area contributed by atoms with E-state index in [9.17, 15) is 17.6 Å². The molecule has 0 aliphatic carbocycles. The summed E-state index contributed by atoms with van der Waals surface area (Å²) in [6.07, 6.45) is -4.80. The second-order valence-electron chi connectivity index (χ2n) is 2.25. The van der Waals surface area contributed by atoms with Gasteiger partial charge in [0.25, 0.3) is 0 Å². The van der Waals surface area contributed by atoms with Crippen molar-refractivity contribution in [3.63, 3.8) is 0 Å². The Morgan fingerprint density at radius 1 is 1.29 bits per heavy atom. The first-order valence-electron chi connectivity index (χ1n) is 3.20. The number of halogens is 6. The predicted molar refractivity (Wildman–Crippen MR) is 53.5 cm³/mol. The normalized spacial score (nSPS) is 11.6. The summed E-state index contributed by atoms with van der Waals surface area (Å²) in [5.41, 5.74) is 0. The van der Waals surface area contributed by atoms with Crippen molar-refractivity contribution in [1.82, 2.24) is 0 Å². The van der Waals surface area contributed by atoms with Gasteiger partial charge >= 0.3 is 6.36 Å². The van der Waals surface area contributed by atoms with E-state index in [1.807, 2.05) is 0 Å². The molecule has 0 fully saturated rings. The molecular formula is C7H2BrF4IO. The molecule has 78 valence electrons. The molecule has 0 saturated heterocycles. The van der Waals surface area contributed by atoms with Crippen LogP contribution < -0.4 is 4.74 Å². The molecule has 0 aromatic heterocycles. The fraction of sp³-hybridized carbons (Fsp3) is 0.143. The highest BCUT2D eigenvalue weighted by molar-refractivity contribution is 14.1. The average molecular weight is 385 g/mol. The van der Waals surface area contributed by atoms with Gasteiger partial charge in [0.15, 0.2) is 0 Å². The third-order valence-electron chi connectivity index (χ3n) is 1.19. The highest BCUT2D eigenvalue weighted by Crippen LogP contribution is 2.30. The monoisotopic (exact) mass is 384 g/mol. The Kier molecular flexibility index (Phi) is 3.62. The first-order chi connectivity index (χ1) is 6.29. The van der Waals surface area contributed by atoms with Crippen LogP contribution in [0.15, 0.2) is 16.6 Å². The van der Waals surface area contributed by atoms with Gasteiger partial charge in [0.2, 0.25) is 0 Å². The molecule has 0 bridgehead atoms. The summed E-state index contributed by atoms with van der Waals surface area (Å²) in [7, 11) is 0. The lowest BCUT2D eigenvalue weighted by atomic mass is 10.3. The van der Waals surface area contributed by atoms with Crippen molar-refractivity contribution >= 4 is 38.5 Å². The van der Waals surface area contributed by atoms with E-state index in [1.54, 1.807) is 22.6 Å². The fourth-order valence-electron chi connectivity index (χ4n) is 0.725. The van der Waals surface area contributed by atoms with Crippen molar-refractivity contribution in [2.24, 2.45) is 0 Å². The van der Waals surface area contributed by atoms with Crippen molar-refractivity contribution in [3.05, 3.63) is 26.0 Å². The first kappa shape index (κ1) is 12.0. The molecule has 0 heterocycles. The Balaban J connectivity index is 3.02. The maximum Gasteiger partial charge on any atom is 0.573 e. The van der Waals surface area contributed by atoms with Gasteiger partial charge in [0.05, 0.1) is 4.47 Å². The van der Waals surface area contributed by atoms with Crippen LogP contribution in [0.3, 0.4) is 0 Å². The molecule has 0 unspecified atom stereocenters. The Hall–Kier alpha value is -0.0500. The quantitative estimate of drug-likeness (QED) is 0.402. The van der Waals surface area contributed by atoms with Gasteiger partial charge in [-0.3, -0.25) is 0 Å². The van der Waals surface area contributed by atoms with E-state index in [4.69, 9.17) is 0 Å². The van der Waals surface area contributed by atoms with Gasteiger partial charge < -0.3 is 4.74 Å². The molecular weight excluding hydrogens is 383 g/mol. The maximum absolute atomic E-state index is 12.9. The van der Waals surface area contributed by atoms with Crippen LogP contribution in [0.25, 0.3) is 0 Å². The van der Waals surface area contributed by atoms with E-state index < -0.39 is 17.9 Å². The number of ether oxygens (including phenoxy) is 1. The maximum atomic E-state index is 12.9. The zero-order valence-corrected chi connectivity index (χ0v) is 10.1. The predicted octanol–water partition coefficient (Wildman–Crippen LogP) is 4.09. The molecule has 1 rings (SSSR count). The van der Waals surface area contributed by atoms with Gasteiger partial charge in [0, 0.05) is 9.64 Å². The average Bonchev–Trinajstić information content (AvgIpc) is 1.96. The number of alkyl halides is 3. The Bertz CT molecular complexity index is 329. The zero-order valence-electron chi connectivity index (χ0n) is 6.33. The molecule has 0 atom stereocenters. The minimum absolute atomic E-state index is 0.118. The molecule has 0 aliphatic heterocycles. The number of hydrogen-bond acceptors (Lipinski definition) is 1. The largest absolute Gasteiger partial charge is 0.573 e. The van der Waals surface area contributed by atoms with Crippen LogP contribution in [0.1, 0.15) is 0 Å². The molecule has 0 saturated carbocycles. The smallest absolute Gasteiger partial charge is 0.406 e. The minimum Gasteiger partial charge on any atom is -0.406 e. The van der Waals surface area contributed by atoms with Crippen LogP contribution >= 0.6 is 38.5 Å². The summed E-state index contributed by atoms with van der Waals surface area (Å²) >= 11 is 4.57. The second kappa shape index (κ2) is 4.21. The first-order valence-corrected chi connectivity index (χ1v) is 5.07. The highest BCUT2D eigenvalue weighted by Gasteiger charge is 2.31. The zero-order chi connectivity index (χ0) is 10.9. The summed E-state index contributed by atoms with van der Waals surface area (Å²) in [4.78, 5) is 0. The van der Waals surface area contributed by atoms with Gasteiger partial charge in [-0.05, 0) is 44.6 Å². The van der Waals surface area contributed by atoms with Crippen LogP contribution in [-0.4, -0.2) is 6.36 Å². The van der Waals surface area contributed by atoms with E-state index in [0.29, 0.717) is 9.64 Å². The Labute approximate surface area is 98.7 Å². The third kappa shape index (κ3) is 3.26. The molecule has 0 radical (unpaired) electrons. The molecule has 0 amide bonds. The van der Waals surface area contributed by atoms with Gasteiger partial charge in [0.1, 0.15) is 11.6 Å². The third-order valence-corrected chi connectivity index (χ3v) is 3.59. The lowest BCUT2D eigenvalue weighted by molar-refractivity contribution is -0.274. The van der Waals surface area contributed by atoms with Crippen LogP contribution in [0.4, 0.5) is 17.6 Å². The van der Waals surface area contributed by atoms with Crippen molar-refractivity contribution in [2.45, 2.75) is 6.36 Å². The standard InChI is InChI=1S/C7H2BrF4IO/c8-6-4(9)1-3(2-5(6)13)14-7(10,11)12/h1-2H. The van der Waals surface area contributed by atoms with Crippen molar-refractivity contribution in [1.29, 1.82) is 0 Å². The summed E-state index contributed by atoms with van der Waals surface area (Å²) in [5.74, 6) is -1.36. The second-order valence-corrected chi connectivity index (χ2v) is 4.20. The molecule has 1 nitrogen and oxygen atoms in total. The van der Waals surface area contributed by atoms with Crippen LogP contribution in [-0.2, 0) is 0 Å². The van der Waals surface area contributed by atoms with E-state index in [0.717, 1.165) is 6.07 Å². The molecule has 7 heteroatoms. The number of rotatable bonds is 1. The topological polar surface area (TPSA) is 9.23 Å². The van der Waals surface area contributed by atoms with Gasteiger partial charge in [-0.25, -0.2) is 4.39 Å². The molecule has 0 aliphatic rings. The van der Waals surface area contributed by atoms with Crippen LogP contribution in [0, 0.1) is 9.39 Å². The lowest BCUT2D eigenvalue weighted by Gasteiger charge is -2.09. The lowest BCUT2D eigenvalue weighted by Crippen LogP contribution is -2.17. The summed E-state index contributed by atoms with van der Waals surface area (Å²) in [6, 6.07) is 1.75. The molecule has 0 spiro atoms. The van der Waals surface area contributed by atoms with Gasteiger partial charge in [-0.2, -0.15) is 0 Å². The van der Waals surface area contributed by atoms with Crippen molar-refractivity contribution < 1.29 is 22.3 Å². The van der Waals surface area contributed by atoms with Gasteiger partial charge in [-0.15, -0.1) is 13.2 Å². The number of benzene rings is 1. The highest BCUT2D eigenvalue weighted by atomic mass is 127.